The van der Waals surface area contributed by atoms with Gasteiger partial charge in [0.25, 0.3) is 0 Å². The molecule has 1 aromatic carbocycles. The van der Waals surface area contributed by atoms with Crippen LogP contribution in [0.15, 0.2) is 24.3 Å². The number of alkyl halides is 3. The number of hydrogen-bond donors (Lipinski definition) is 0. The highest BCUT2D eigenvalue weighted by molar-refractivity contribution is 5.30. The van der Waals surface area contributed by atoms with Gasteiger partial charge < -0.3 is 4.74 Å². The van der Waals surface area contributed by atoms with Crippen molar-refractivity contribution in [2.45, 2.75) is 45.4 Å². The summed E-state index contributed by atoms with van der Waals surface area (Å²) in [6, 6.07) is 4.99. The molecule has 4 heteroatoms. The van der Waals surface area contributed by atoms with Crippen LogP contribution in [0, 0.1) is 0 Å². The monoisotopic (exact) mass is 246 g/mol. The summed E-state index contributed by atoms with van der Waals surface area (Å²) in [4.78, 5) is 0. The van der Waals surface area contributed by atoms with Gasteiger partial charge >= 0.3 is 6.18 Å². The normalized spacial score (nSPS) is 12.6. The van der Waals surface area contributed by atoms with E-state index in [4.69, 9.17) is 4.74 Å². The molecule has 0 N–H and O–H groups in total. The first kappa shape index (κ1) is 13.9. The first-order valence-electron chi connectivity index (χ1n) is 5.61. The van der Waals surface area contributed by atoms with Crippen LogP contribution in [0.3, 0.4) is 0 Å². The number of rotatable bonds is 4. The van der Waals surface area contributed by atoms with E-state index in [0.717, 1.165) is 25.0 Å². The molecule has 0 radical (unpaired) electrons. The van der Waals surface area contributed by atoms with Gasteiger partial charge in [-0.25, -0.2) is 0 Å². The molecule has 0 atom stereocenters. The molecule has 0 heterocycles. The maximum atomic E-state index is 12.5. The Morgan fingerprint density at radius 1 is 1.18 bits per heavy atom. The van der Waals surface area contributed by atoms with E-state index in [1.807, 2.05) is 20.8 Å². The molecule has 1 rings (SSSR count). The first-order chi connectivity index (χ1) is 7.74. The lowest BCUT2D eigenvalue weighted by Crippen LogP contribution is -2.27. The van der Waals surface area contributed by atoms with Crippen LogP contribution in [0.25, 0.3) is 0 Å². The van der Waals surface area contributed by atoms with Crippen molar-refractivity contribution in [1.29, 1.82) is 0 Å². The van der Waals surface area contributed by atoms with Crippen molar-refractivity contribution < 1.29 is 17.9 Å². The summed E-state index contributed by atoms with van der Waals surface area (Å²) in [5.41, 5.74) is -1.12. The largest absolute Gasteiger partial charge is 0.488 e. The van der Waals surface area contributed by atoms with Gasteiger partial charge in [-0.15, -0.1) is 0 Å². The number of benzene rings is 1. The lowest BCUT2D eigenvalue weighted by molar-refractivity contribution is -0.137. The standard InChI is InChI=1S/C13H17F3O/c1-4-8-12(2,3)17-11-7-5-6-10(9-11)13(14,15)16/h5-7,9H,4,8H2,1-3H3. The molecule has 1 aromatic rings. The molecular formula is C13H17F3O. The fourth-order valence-corrected chi connectivity index (χ4v) is 1.71. The fourth-order valence-electron chi connectivity index (χ4n) is 1.71. The van der Waals surface area contributed by atoms with Gasteiger partial charge in [-0.1, -0.05) is 19.4 Å². The summed E-state index contributed by atoms with van der Waals surface area (Å²) in [5.74, 6) is 0.262. The third-order valence-electron chi connectivity index (χ3n) is 2.41. The van der Waals surface area contributed by atoms with E-state index in [9.17, 15) is 13.2 Å². The van der Waals surface area contributed by atoms with Crippen LogP contribution in [0.4, 0.5) is 13.2 Å². The van der Waals surface area contributed by atoms with Crippen LogP contribution in [0.1, 0.15) is 39.2 Å². The van der Waals surface area contributed by atoms with Crippen molar-refractivity contribution in [3.8, 4) is 5.75 Å². The van der Waals surface area contributed by atoms with Crippen LogP contribution < -0.4 is 4.74 Å². The Bertz CT molecular complexity index is 369. The Morgan fingerprint density at radius 2 is 1.82 bits per heavy atom. The molecule has 0 saturated heterocycles. The third-order valence-corrected chi connectivity index (χ3v) is 2.41. The van der Waals surface area contributed by atoms with Crippen LogP contribution in [0.5, 0.6) is 5.75 Å². The Morgan fingerprint density at radius 3 is 2.35 bits per heavy atom. The van der Waals surface area contributed by atoms with Crippen molar-refractivity contribution in [1.82, 2.24) is 0 Å². The minimum Gasteiger partial charge on any atom is -0.488 e. The Balaban J connectivity index is 2.86. The van der Waals surface area contributed by atoms with E-state index in [0.29, 0.717) is 0 Å². The zero-order valence-corrected chi connectivity index (χ0v) is 10.3. The van der Waals surface area contributed by atoms with E-state index in [1.54, 1.807) is 6.07 Å². The van der Waals surface area contributed by atoms with Crippen LogP contribution in [0.2, 0.25) is 0 Å². The minimum atomic E-state index is -4.33. The minimum absolute atomic E-state index is 0.262. The summed E-state index contributed by atoms with van der Waals surface area (Å²) in [6.07, 6.45) is -2.61. The number of ether oxygens (including phenoxy) is 1. The van der Waals surface area contributed by atoms with Gasteiger partial charge in [0, 0.05) is 0 Å². The second-order valence-electron chi connectivity index (χ2n) is 4.64. The molecule has 17 heavy (non-hydrogen) atoms. The van der Waals surface area contributed by atoms with Crippen molar-refractivity contribution >= 4 is 0 Å². The Labute approximate surface area is 99.6 Å². The predicted octanol–water partition coefficient (Wildman–Crippen LogP) is 4.66. The Kier molecular flexibility index (Phi) is 4.07. The van der Waals surface area contributed by atoms with Gasteiger partial charge in [0.2, 0.25) is 0 Å². The highest BCUT2D eigenvalue weighted by Crippen LogP contribution is 2.32. The van der Waals surface area contributed by atoms with E-state index >= 15 is 0 Å². The highest BCUT2D eigenvalue weighted by atomic mass is 19.4. The molecule has 0 aromatic heterocycles. The quantitative estimate of drug-likeness (QED) is 0.750. The van der Waals surface area contributed by atoms with Gasteiger partial charge in [0.1, 0.15) is 11.4 Å². The Hall–Kier alpha value is -1.19. The van der Waals surface area contributed by atoms with Gasteiger partial charge in [0.05, 0.1) is 5.56 Å². The van der Waals surface area contributed by atoms with Crippen molar-refractivity contribution in [2.75, 3.05) is 0 Å². The predicted molar refractivity (Wildman–Crippen MR) is 61.1 cm³/mol. The smallest absolute Gasteiger partial charge is 0.416 e. The molecular weight excluding hydrogens is 229 g/mol. The molecule has 0 aliphatic rings. The van der Waals surface area contributed by atoms with Gasteiger partial charge in [0.15, 0.2) is 0 Å². The second kappa shape index (κ2) is 4.98. The van der Waals surface area contributed by atoms with Crippen LogP contribution in [-0.2, 0) is 6.18 Å². The van der Waals surface area contributed by atoms with Gasteiger partial charge in [-0.3, -0.25) is 0 Å². The SMILES string of the molecule is CCCC(C)(C)Oc1cccc(C(F)(F)F)c1. The summed E-state index contributed by atoms with van der Waals surface area (Å²) in [5, 5.41) is 0. The lowest BCUT2D eigenvalue weighted by atomic mass is 10.0. The average Bonchev–Trinajstić information content (AvgIpc) is 2.15. The lowest BCUT2D eigenvalue weighted by Gasteiger charge is -2.26. The first-order valence-corrected chi connectivity index (χ1v) is 5.61. The summed E-state index contributed by atoms with van der Waals surface area (Å²) >= 11 is 0. The maximum absolute atomic E-state index is 12.5. The number of hydrogen-bond acceptors (Lipinski definition) is 1. The molecule has 0 unspecified atom stereocenters. The molecule has 1 nitrogen and oxygen atoms in total. The molecule has 0 bridgehead atoms. The van der Waals surface area contributed by atoms with Crippen LogP contribution >= 0.6 is 0 Å². The second-order valence-corrected chi connectivity index (χ2v) is 4.64. The van der Waals surface area contributed by atoms with E-state index in [1.165, 1.54) is 6.07 Å². The van der Waals surface area contributed by atoms with E-state index in [2.05, 4.69) is 0 Å². The van der Waals surface area contributed by atoms with Gasteiger partial charge in [-0.2, -0.15) is 13.2 Å². The zero-order valence-electron chi connectivity index (χ0n) is 10.3. The summed E-state index contributed by atoms with van der Waals surface area (Å²) in [7, 11) is 0. The topological polar surface area (TPSA) is 9.23 Å². The zero-order chi connectivity index (χ0) is 13.1. The van der Waals surface area contributed by atoms with E-state index < -0.39 is 17.3 Å². The fraction of sp³-hybridized carbons (Fsp3) is 0.538. The molecule has 96 valence electrons. The molecule has 0 aliphatic heterocycles. The molecule has 0 aliphatic carbocycles. The average molecular weight is 246 g/mol. The van der Waals surface area contributed by atoms with Crippen molar-refractivity contribution in [2.24, 2.45) is 0 Å². The highest BCUT2D eigenvalue weighted by Gasteiger charge is 2.31. The van der Waals surface area contributed by atoms with Crippen molar-refractivity contribution in [3.63, 3.8) is 0 Å². The number of halogens is 3. The summed E-state index contributed by atoms with van der Waals surface area (Å²) < 4.78 is 43.1. The van der Waals surface area contributed by atoms with Gasteiger partial charge in [-0.05, 0) is 38.5 Å². The molecule has 0 saturated carbocycles. The van der Waals surface area contributed by atoms with Crippen LogP contribution in [-0.4, -0.2) is 5.60 Å². The summed E-state index contributed by atoms with van der Waals surface area (Å²) in [6.45, 7) is 5.75. The third kappa shape index (κ3) is 4.29. The van der Waals surface area contributed by atoms with E-state index in [-0.39, 0.29) is 5.75 Å². The molecule has 0 spiro atoms. The molecule has 0 amide bonds. The van der Waals surface area contributed by atoms with Crippen molar-refractivity contribution in [3.05, 3.63) is 29.8 Å². The maximum Gasteiger partial charge on any atom is 0.416 e. The molecule has 0 fully saturated rings.